The predicted octanol–water partition coefficient (Wildman–Crippen LogP) is 7.03. The Morgan fingerprint density at radius 3 is 2.57 bits per heavy atom. The monoisotopic (exact) mass is 546 g/mol. The Hall–Kier alpha value is -3.29. The van der Waals surface area contributed by atoms with Crippen molar-refractivity contribution in [3.63, 3.8) is 0 Å². The number of nitrogens with zero attached hydrogens (tertiary/aromatic N) is 2. The Morgan fingerprint density at radius 2 is 1.77 bits per heavy atom. The Bertz CT molecular complexity index is 1450. The van der Waals surface area contributed by atoms with Gasteiger partial charge in [-0.05, 0) is 60.2 Å². The molecule has 3 aromatic carbocycles. The number of aromatic nitrogens is 1. The number of para-hydroxylation sites is 1. The molecule has 0 atom stereocenters. The third-order valence-corrected chi connectivity index (χ3v) is 7.30. The molecule has 1 aromatic heterocycles. The molecule has 0 radical (unpaired) electrons. The van der Waals surface area contributed by atoms with Crippen molar-refractivity contribution in [3.05, 3.63) is 105 Å². The maximum Gasteiger partial charge on any atom is 0.293 e. The van der Waals surface area contributed by atoms with E-state index in [0.717, 1.165) is 49.6 Å². The number of hydrogen-bond donors (Lipinski definition) is 0. The summed E-state index contributed by atoms with van der Waals surface area (Å²) in [6, 6.07) is 23.6. The minimum Gasteiger partial charge on any atom is -0.491 e. The normalized spacial score (nSPS) is 14.9. The Labute approximate surface area is 216 Å². The third-order valence-electron chi connectivity index (χ3n) is 5.90. The molecule has 5 rings (SSSR count). The smallest absolute Gasteiger partial charge is 0.293 e. The van der Waals surface area contributed by atoms with Crippen LogP contribution in [0.1, 0.15) is 16.7 Å². The number of carbonyl (C=O) groups excluding carboxylic acids is 2. The summed E-state index contributed by atoms with van der Waals surface area (Å²) >= 11 is 4.55. The van der Waals surface area contributed by atoms with Gasteiger partial charge in [0.2, 0.25) is 0 Å². The van der Waals surface area contributed by atoms with E-state index in [1.165, 1.54) is 4.90 Å². The highest BCUT2D eigenvalue weighted by atomic mass is 79.9. The molecule has 0 saturated carbocycles. The minimum absolute atomic E-state index is 0.248. The lowest BCUT2D eigenvalue weighted by Crippen LogP contribution is -2.27. The fourth-order valence-electron chi connectivity index (χ4n) is 4.11. The van der Waals surface area contributed by atoms with E-state index in [-0.39, 0.29) is 17.7 Å². The van der Waals surface area contributed by atoms with Crippen LogP contribution in [0.15, 0.2) is 88.4 Å². The highest BCUT2D eigenvalue weighted by Crippen LogP contribution is 2.35. The van der Waals surface area contributed by atoms with Gasteiger partial charge in [-0.3, -0.25) is 14.5 Å². The van der Waals surface area contributed by atoms with Gasteiger partial charge in [0.15, 0.2) is 0 Å². The van der Waals surface area contributed by atoms with Crippen molar-refractivity contribution in [1.29, 1.82) is 0 Å². The number of thioether (sulfide) groups is 1. The number of imide groups is 1. The third kappa shape index (κ3) is 5.06. The number of hydrogen-bond acceptors (Lipinski definition) is 4. The molecule has 176 valence electrons. The highest BCUT2D eigenvalue weighted by molar-refractivity contribution is 9.10. The lowest BCUT2D eigenvalue weighted by molar-refractivity contribution is -0.123. The molecule has 4 aromatic rings. The molecule has 35 heavy (non-hydrogen) atoms. The quantitative estimate of drug-likeness (QED) is 0.233. The number of rotatable bonds is 7. The zero-order valence-corrected chi connectivity index (χ0v) is 21.5. The van der Waals surface area contributed by atoms with E-state index in [0.29, 0.717) is 18.1 Å². The summed E-state index contributed by atoms with van der Waals surface area (Å²) in [6.07, 6.45) is 3.84. The van der Waals surface area contributed by atoms with Crippen molar-refractivity contribution < 1.29 is 14.3 Å². The SMILES string of the molecule is Cc1ccccc1OCCn1cc(/C=C2\SC(=O)N(Cc3ccccc3)C2=O)c2cc(Br)ccc21. The number of amides is 2. The van der Waals surface area contributed by atoms with Crippen LogP contribution in [-0.4, -0.2) is 27.2 Å². The topological polar surface area (TPSA) is 51.5 Å². The largest absolute Gasteiger partial charge is 0.491 e. The van der Waals surface area contributed by atoms with Gasteiger partial charge in [0, 0.05) is 27.1 Å². The van der Waals surface area contributed by atoms with Gasteiger partial charge in [-0.2, -0.15) is 0 Å². The molecule has 0 bridgehead atoms. The van der Waals surface area contributed by atoms with Crippen LogP contribution in [0.3, 0.4) is 0 Å². The highest BCUT2D eigenvalue weighted by Gasteiger charge is 2.35. The van der Waals surface area contributed by atoms with E-state index in [4.69, 9.17) is 4.74 Å². The molecular weight excluding hydrogens is 524 g/mol. The lowest BCUT2D eigenvalue weighted by Gasteiger charge is -2.12. The van der Waals surface area contributed by atoms with Gasteiger partial charge in [0.1, 0.15) is 12.4 Å². The number of fused-ring (bicyclic) bond motifs is 1. The van der Waals surface area contributed by atoms with Crippen molar-refractivity contribution in [3.8, 4) is 5.75 Å². The summed E-state index contributed by atoms with van der Waals surface area (Å²) in [5.41, 5.74) is 3.95. The molecule has 0 spiro atoms. The van der Waals surface area contributed by atoms with Crippen LogP contribution >= 0.6 is 27.7 Å². The van der Waals surface area contributed by atoms with Gasteiger partial charge in [-0.25, -0.2) is 0 Å². The summed E-state index contributed by atoms with van der Waals surface area (Å²) < 4.78 is 9.08. The molecule has 0 aliphatic carbocycles. The van der Waals surface area contributed by atoms with Gasteiger partial charge in [-0.1, -0.05) is 64.5 Å². The van der Waals surface area contributed by atoms with Crippen LogP contribution in [0.25, 0.3) is 17.0 Å². The molecule has 7 heteroatoms. The molecule has 2 amide bonds. The number of halogens is 1. The molecule has 0 unspecified atom stereocenters. The van der Waals surface area contributed by atoms with Crippen LogP contribution in [0, 0.1) is 6.92 Å². The minimum atomic E-state index is -0.261. The van der Waals surface area contributed by atoms with Crippen LogP contribution in [-0.2, 0) is 17.9 Å². The maximum atomic E-state index is 13.1. The van der Waals surface area contributed by atoms with E-state index in [1.54, 1.807) is 0 Å². The second kappa shape index (κ2) is 10.1. The average molecular weight is 547 g/mol. The lowest BCUT2D eigenvalue weighted by atomic mass is 10.1. The van der Waals surface area contributed by atoms with E-state index in [1.807, 2.05) is 92.0 Å². The Balaban J connectivity index is 1.40. The molecular formula is C28H23BrN2O3S. The zero-order valence-electron chi connectivity index (χ0n) is 19.1. The molecule has 5 nitrogen and oxygen atoms in total. The Kier molecular flexibility index (Phi) is 6.79. The van der Waals surface area contributed by atoms with Crippen molar-refractivity contribution >= 4 is 55.8 Å². The first-order valence-corrected chi connectivity index (χ1v) is 12.9. The molecule has 1 aliphatic heterocycles. The zero-order chi connectivity index (χ0) is 24.4. The maximum absolute atomic E-state index is 13.1. The van der Waals surface area contributed by atoms with Gasteiger partial charge in [0.25, 0.3) is 11.1 Å². The summed E-state index contributed by atoms with van der Waals surface area (Å²) in [4.78, 5) is 27.4. The van der Waals surface area contributed by atoms with Crippen LogP contribution in [0.4, 0.5) is 4.79 Å². The van der Waals surface area contributed by atoms with Crippen molar-refractivity contribution in [2.24, 2.45) is 0 Å². The number of carbonyl (C=O) groups is 2. The molecule has 2 heterocycles. The average Bonchev–Trinajstić information content (AvgIpc) is 3.32. The number of aryl methyl sites for hydroxylation is 1. The van der Waals surface area contributed by atoms with Crippen molar-refractivity contribution in [2.75, 3.05) is 6.61 Å². The van der Waals surface area contributed by atoms with Gasteiger partial charge in [-0.15, -0.1) is 0 Å². The first-order chi connectivity index (χ1) is 17.0. The van der Waals surface area contributed by atoms with E-state index < -0.39 is 0 Å². The second-order valence-electron chi connectivity index (χ2n) is 8.31. The fraction of sp³-hybridized carbons (Fsp3) is 0.143. The molecule has 1 fully saturated rings. The van der Waals surface area contributed by atoms with Crippen LogP contribution < -0.4 is 4.74 Å². The second-order valence-corrected chi connectivity index (χ2v) is 10.2. The molecule has 1 aliphatic rings. The van der Waals surface area contributed by atoms with Gasteiger partial charge in [0.05, 0.1) is 18.0 Å². The van der Waals surface area contributed by atoms with Crippen LogP contribution in [0.5, 0.6) is 5.75 Å². The molecule has 0 N–H and O–H groups in total. The number of benzene rings is 3. The summed E-state index contributed by atoms with van der Waals surface area (Å²) in [7, 11) is 0. The number of ether oxygens (including phenoxy) is 1. The predicted molar refractivity (Wildman–Crippen MR) is 144 cm³/mol. The van der Waals surface area contributed by atoms with E-state index in [9.17, 15) is 9.59 Å². The van der Waals surface area contributed by atoms with Crippen LogP contribution in [0.2, 0.25) is 0 Å². The van der Waals surface area contributed by atoms with E-state index in [2.05, 4.69) is 20.5 Å². The standard InChI is InChI=1S/C28H23BrN2O3S/c1-19-7-5-6-10-25(19)34-14-13-30-18-21(23-16-22(29)11-12-24(23)30)15-26-27(32)31(28(33)35-26)17-20-8-3-2-4-9-20/h2-12,15-16,18H,13-14,17H2,1H3/b26-15-. The summed E-state index contributed by atoms with van der Waals surface area (Å²) in [5, 5.41) is 0.756. The molecule has 1 saturated heterocycles. The Morgan fingerprint density at radius 1 is 1.00 bits per heavy atom. The van der Waals surface area contributed by atoms with Gasteiger partial charge >= 0.3 is 0 Å². The van der Waals surface area contributed by atoms with Gasteiger partial charge < -0.3 is 9.30 Å². The van der Waals surface area contributed by atoms with Crippen molar-refractivity contribution in [1.82, 2.24) is 9.47 Å². The van der Waals surface area contributed by atoms with E-state index >= 15 is 0 Å². The first-order valence-electron chi connectivity index (χ1n) is 11.3. The fourth-order valence-corrected chi connectivity index (χ4v) is 5.30. The summed E-state index contributed by atoms with van der Waals surface area (Å²) in [6.45, 7) is 3.46. The van der Waals surface area contributed by atoms with Crippen molar-refractivity contribution in [2.45, 2.75) is 20.0 Å². The first kappa shape index (κ1) is 23.5. The summed E-state index contributed by atoms with van der Waals surface area (Å²) in [5.74, 6) is 0.613.